The van der Waals surface area contributed by atoms with Gasteiger partial charge in [0.25, 0.3) is 5.91 Å². The normalized spacial score (nSPS) is 20.9. The number of halogens is 1. The zero-order valence-electron chi connectivity index (χ0n) is 20.2. The van der Waals surface area contributed by atoms with Gasteiger partial charge in [-0.15, -0.1) is 0 Å². The standard InChI is InChI=1S/C27H28ClN3O5/c1-15-6-7-17(12-21(15)28)11-20(32)10-16(2)18-4-3-5-19(13-18)29-22-14-25(34)31(27(22)36)23-8-9-24(33)30-26(23)35/h3-7,12-13,16,22-23,29H,8-11,14H2,1-2H3,(H,30,33,35). The van der Waals surface area contributed by atoms with Gasteiger partial charge >= 0.3 is 0 Å². The molecule has 2 fully saturated rings. The minimum absolute atomic E-state index is 0.0546. The molecule has 4 amide bonds. The Labute approximate surface area is 214 Å². The summed E-state index contributed by atoms with van der Waals surface area (Å²) in [5.74, 6) is -1.92. The number of nitrogens with one attached hydrogen (secondary N) is 2. The van der Waals surface area contributed by atoms with Gasteiger partial charge in [0.15, 0.2) is 0 Å². The lowest BCUT2D eigenvalue weighted by Crippen LogP contribution is -2.54. The molecule has 0 radical (unpaired) electrons. The van der Waals surface area contributed by atoms with Gasteiger partial charge in [-0.25, -0.2) is 0 Å². The van der Waals surface area contributed by atoms with Crippen molar-refractivity contribution in [3.8, 4) is 0 Å². The van der Waals surface area contributed by atoms with E-state index in [2.05, 4.69) is 10.6 Å². The predicted molar refractivity (Wildman–Crippen MR) is 134 cm³/mol. The zero-order chi connectivity index (χ0) is 26.0. The molecular formula is C27H28ClN3O5. The van der Waals surface area contributed by atoms with Crippen LogP contribution in [-0.4, -0.2) is 46.4 Å². The van der Waals surface area contributed by atoms with Gasteiger partial charge in [-0.3, -0.25) is 34.2 Å². The Balaban J connectivity index is 1.38. The number of Topliss-reactive ketones (excluding diaryl/α,β-unsaturated/α-hetero) is 1. The Hall–Kier alpha value is -3.52. The maximum atomic E-state index is 13.0. The Morgan fingerprint density at radius 3 is 2.67 bits per heavy atom. The highest BCUT2D eigenvalue weighted by Gasteiger charge is 2.46. The number of hydrogen-bond donors (Lipinski definition) is 2. The number of ketones is 1. The van der Waals surface area contributed by atoms with Crippen LogP contribution in [0.2, 0.25) is 5.02 Å². The van der Waals surface area contributed by atoms with Crippen molar-refractivity contribution in [1.29, 1.82) is 0 Å². The number of piperidine rings is 1. The van der Waals surface area contributed by atoms with Crippen molar-refractivity contribution >= 4 is 46.7 Å². The summed E-state index contributed by atoms with van der Waals surface area (Å²) in [7, 11) is 0. The number of anilines is 1. The molecule has 3 atom stereocenters. The molecule has 36 heavy (non-hydrogen) atoms. The number of amides is 4. The number of aryl methyl sites for hydroxylation is 1. The summed E-state index contributed by atoms with van der Waals surface area (Å²) in [4.78, 5) is 62.7. The fraction of sp³-hybridized carbons (Fsp3) is 0.370. The molecule has 2 aromatic rings. The highest BCUT2D eigenvalue weighted by atomic mass is 35.5. The lowest BCUT2D eigenvalue weighted by atomic mass is 9.93. The van der Waals surface area contributed by atoms with Gasteiger partial charge in [-0.2, -0.15) is 0 Å². The predicted octanol–water partition coefficient (Wildman–Crippen LogP) is 3.30. The van der Waals surface area contributed by atoms with Crippen LogP contribution >= 0.6 is 11.6 Å². The number of carbonyl (C=O) groups excluding carboxylic acids is 5. The van der Waals surface area contributed by atoms with Crippen LogP contribution in [0.15, 0.2) is 42.5 Å². The summed E-state index contributed by atoms with van der Waals surface area (Å²) in [6, 6.07) is 11.3. The fourth-order valence-corrected chi connectivity index (χ4v) is 4.86. The summed E-state index contributed by atoms with van der Waals surface area (Å²) >= 11 is 6.17. The van der Waals surface area contributed by atoms with Crippen molar-refractivity contribution < 1.29 is 24.0 Å². The lowest BCUT2D eigenvalue weighted by molar-refractivity contribution is -0.150. The first-order chi connectivity index (χ1) is 17.1. The van der Waals surface area contributed by atoms with Crippen LogP contribution in [-0.2, 0) is 30.4 Å². The van der Waals surface area contributed by atoms with E-state index in [0.29, 0.717) is 23.6 Å². The van der Waals surface area contributed by atoms with Crippen LogP contribution in [0.1, 0.15) is 55.2 Å². The average Bonchev–Trinajstić information content (AvgIpc) is 3.09. The minimum atomic E-state index is -0.963. The maximum absolute atomic E-state index is 13.0. The summed E-state index contributed by atoms with van der Waals surface area (Å²) in [6.45, 7) is 3.88. The Morgan fingerprint density at radius 2 is 1.94 bits per heavy atom. The van der Waals surface area contributed by atoms with Gasteiger partial charge in [0.1, 0.15) is 17.9 Å². The van der Waals surface area contributed by atoms with Gasteiger partial charge in [0, 0.05) is 30.0 Å². The second kappa shape index (κ2) is 10.6. The monoisotopic (exact) mass is 509 g/mol. The molecule has 8 nitrogen and oxygen atoms in total. The number of benzene rings is 2. The molecule has 2 N–H and O–H groups in total. The summed E-state index contributed by atoms with van der Waals surface area (Å²) in [5.41, 5.74) is 3.42. The van der Waals surface area contributed by atoms with Crippen LogP contribution in [0.4, 0.5) is 5.69 Å². The van der Waals surface area contributed by atoms with Crippen LogP contribution in [0.5, 0.6) is 0 Å². The summed E-state index contributed by atoms with van der Waals surface area (Å²) in [5, 5.41) is 5.93. The molecule has 2 aliphatic rings. The van der Waals surface area contributed by atoms with Crippen molar-refractivity contribution in [2.45, 2.75) is 64.0 Å². The highest BCUT2D eigenvalue weighted by molar-refractivity contribution is 6.31. The second-order valence-electron chi connectivity index (χ2n) is 9.50. The molecule has 0 bridgehead atoms. The van der Waals surface area contributed by atoms with Crippen molar-refractivity contribution in [1.82, 2.24) is 10.2 Å². The van der Waals surface area contributed by atoms with Gasteiger partial charge < -0.3 is 5.32 Å². The van der Waals surface area contributed by atoms with E-state index in [0.717, 1.165) is 21.6 Å². The van der Waals surface area contributed by atoms with E-state index in [4.69, 9.17) is 11.6 Å². The molecule has 9 heteroatoms. The fourth-order valence-electron chi connectivity index (χ4n) is 4.66. The van der Waals surface area contributed by atoms with Crippen LogP contribution < -0.4 is 10.6 Å². The van der Waals surface area contributed by atoms with Gasteiger partial charge in [-0.1, -0.05) is 42.8 Å². The number of rotatable bonds is 8. The van der Waals surface area contributed by atoms with Gasteiger partial charge in [0.2, 0.25) is 17.7 Å². The number of nitrogens with zero attached hydrogens (tertiary/aromatic N) is 1. The summed E-state index contributed by atoms with van der Waals surface area (Å²) in [6.07, 6.45) is 0.788. The van der Waals surface area contributed by atoms with Crippen molar-refractivity contribution in [2.24, 2.45) is 0 Å². The van der Waals surface area contributed by atoms with Gasteiger partial charge in [0.05, 0.1) is 6.42 Å². The molecule has 3 unspecified atom stereocenters. The number of carbonyl (C=O) groups is 5. The van der Waals surface area contributed by atoms with Crippen LogP contribution in [0, 0.1) is 6.92 Å². The number of hydrogen-bond acceptors (Lipinski definition) is 6. The quantitative estimate of drug-likeness (QED) is 0.528. The second-order valence-corrected chi connectivity index (χ2v) is 9.91. The molecule has 0 spiro atoms. The minimum Gasteiger partial charge on any atom is -0.373 e. The molecule has 2 aliphatic heterocycles. The van der Waals surface area contributed by atoms with Crippen LogP contribution in [0.25, 0.3) is 0 Å². The first-order valence-corrected chi connectivity index (χ1v) is 12.3. The molecule has 0 aromatic heterocycles. The smallest absolute Gasteiger partial charge is 0.252 e. The third-order valence-corrected chi connectivity index (χ3v) is 7.08. The van der Waals surface area contributed by atoms with E-state index >= 15 is 0 Å². The van der Waals surface area contributed by atoms with Crippen LogP contribution in [0.3, 0.4) is 0 Å². The molecule has 188 valence electrons. The lowest BCUT2D eigenvalue weighted by Gasteiger charge is -2.28. The van der Waals surface area contributed by atoms with Gasteiger partial charge in [-0.05, 0) is 54.2 Å². The Bertz CT molecular complexity index is 1240. The third kappa shape index (κ3) is 5.65. The largest absolute Gasteiger partial charge is 0.373 e. The molecule has 2 saturated heterocycles. The number of likely N-dealkylation sites (tertiary alicyclic amines) is 1. The Kier molecular flexibility index (Phi) is 7.54. The van der Waals surface area contributed by atoms with Crippen molar-refractivity contribution in [3.05, 3.63) is 64.2 Å². The summed E-state index contributed by atoms with van der Waals surface area (Å²) < 4.78 is 0. The third-order valence-electron chi connectivity index (χ3n) is 6.67. The average molecular weight is 510 g/mol. The molecule has 0 saturated carbocycles. The highest BCUT2D eigenvalue weighted by Crippen LogP contribution is 2.27. The molecule has 4 rings (SSSR count). The zero-order valence-corrected chi connectivity index (χ0v) is 20.9. The topological polar surface area (TPSA) is 113 Å². The molecule has 2 aromatic carbocycles. The first kappa shape index (κ1) is 25.6. The molecule has 0 aliphatic carbocycles. The first-order valence-electron chi connectivity index (χ1n) is 11.9. The molecular weight excluding hydrogens is 482 g/mol. The van der Waals surface area contributed by atoms with E-state index in [1.807, 2.05) is 50.2 Å². The van der Waals surface area contributed by atoms with Crippen molar-refractivity contribution in [2.75, 3.05) is 5.32 Å². The molecule has 2 heterocycles. The van der Waals surface area contributed by atoms with E-state index in [1.165, 1.54) is 0 Å². The van der Waals surface area contributed by atoms with E-state index in [1.54, 1.807) is 6.07 Å². The Morgan fingerprint density at radius 1 is 1.17 bits per heavy atom. The van der Waals surface area contributed by atoms with E-state index < -0.39 is 35.7 Å². The SMILES string of the molecule is Cc1ccc(CC(=O)CC(C)c2cccc(NC3CC(=O)N(C4CCC(=O)NC4=O)C3=O)c2)cc1Cl. The number of imide groups is 2. The van der Waals surface area contributed by atoms with E-state index in [9.17, 15) is 24.0 Å². The van der Waals surface area contributed by atoms with E-state index in [-0.39, 0.29) is 31.0 Å². The maximum Gasteiger partial charge on any atom is 0.252 e. The van der Waals surface area contributed by atoms with Crippen molar-refractivity contribution in [3.63, 3.8) is 0 Å².